The van der Waals surface area contributed by atoms with Gasteiger partial charge in [-0.2, -0.15) is 0 Å². The van der Waals surface area contributed by atoms with Gasteiger partial charge in [-0.3, -0.25) is 0 Å². The second kappa shape index (κ2) is 5.20. The van der Waals surface area contributed by atoms with Crippen molar-refractivity contribution in [1.82, 2.24) is 0 Å². The fraction of sp³-hybridized carbons (Fsp3) is 0.600. The summed E-state index contributed by atoms with van der Waals surface area (Å²) < 4.78 is 0. The second-order valence-electron chi connectivity index (χ2n) is 5.84. The highest BCUT2D eigenvalue weighted by atomic mass is 35.5. The highest BCUT2D eigenvalue weighted by molar-refractivity contribution is 6.30. The first-order valence-corrected chi connectivity index (χ1v) is 7.19. The third kappa shape index (κ3) is 3.17. The predicted octanol–water partition coefficient (Wildman–Crippen LogP) is 5.32. The van der Waals surface area contributed by atoms with Gasteiger partial charge in [0.25, 0.3) is 0 Å². The van der Waals surface area contributed by atoms with Gasteiger partial charge in [-0.05, 0) is 48.3 Å². The molecule has 2 atom stereocenters. The fourth-order valence-electron chi connectivity index (χ4n) is 3.06. The lowest BCUT2D eigenvalue weighted by Crippen LogP contribution is -2.27. The number of hydrogen-bond donors (Lipinski definition) is 0. The Morgan fingerprint density at radius 3 is 2.76 bits per heavy atom. The Balaban J connectivity index is 2.04. The number of rotatable bonds is 3. The van der Waals surface area contributed by atoms with Crippen LogP contribution in [0.15, 0.2) is 24.3 Å². The molecular formula is C15H20Cl2. The van der Waals surface area contributed by atoms with Gasteiger partial charge >= 0.3 is 0 Å². The number of alkyl halides is 1. The zero-order valence-corrected chi connectivity index (χ0v) is 12.1. The minimum Gasteiger partial charge on any atom is -0.122 e. The van der Waals surface area contributed by atoms with E-state index in [1.807, 2.05) is 18.2 Å². The molecular weight excluding hydrogens is 251 g/mol. The van der Waals surface area contributed by atoms with E-state index in [0.29, 0.717) is 11.3 Å². The molecule has 0 spiro atoms. The molecule has 2 rings (SSSR count). The van der Waals surface area contributed by atoms with E-state index in [9.17, 15) is 0 Å². The molecule has 1 aliphatic rings. The van der Waals surface area contributed by atoms with Crippen molar-refractivity contribution in [2.24, 2.45) is 11.3 Å². The van der Waals surface area contributed by atoms with E-state index in [0.717, 1.165) is 11.4 Å². The van der Waals surface area contributed by atoms with Crippen molar-refractivity contribution in [3.05, 3.63) is 34.9 Å². The van der Waals surface area contributed by atoms with E-state index in [-0.39, 0.29) is 5.38 Å². The zero-order valence-electron chi connectivity index (χ0n) is 10.5. The minimum absolute atomic E-state index is 0.228. The number of hydrogen-bond acceptors (Lipinski definition) is 0. The van der Waals surface area contributed by atoms with Crippen LogP contribution in [0.1, 0.15) is 38.7 Å². The molecule has 17 heavy (non-hydrogen) atoms. The van der Waals surface area contributed by atoms with E-state index >= 15 is 0 Å². The molecule has 0 heterocycles. The Kier molecular flexibility index (Phi) is 4.05. The summed E-state index contributed by atoms with van der Waals surface area (Å²) in [6.07, 6.45) is 4.81. The van der Waals surface area contributed by atoms with Crippen LogP contribution in [-0.2, 0) is 6.42 Å². The van der Waals surface area contributed by atoms with Gasteiger partial charge in [-0.1, -0.05) is 44.0 Å². The summed E-state index contributed by atoms with van der Waals surface area (Å²) >= 11 is 12.6. The molecule has 2 heteroatoms. The largest absolute Gasteiger partial charge is 0.122 e. The molecule has 0 bridgehead atoms. The Bertz CT molecular complexity index is 384. The monoisotopic (exact) mass is 270 g/mol. The van der Waals surface area contributed by atoms with Crippen molar-refractivity contribution in [2.75, 3.05) is 0 Å². The standard InChI is InChI=1S/C15H20Cl2/c1-15(2)8-4-7-13(15)14(17)10-11-5-3-6-12(16)9-11/h3,5-6,9,13-14H,4,7-8,10H2,1-2H3. The van der Waals surface area contributed by atoms with Crippen LogP contribution in [0, 0.1) is 11.3 Å². The minimum atomic E-state index is 0.228. The SMILES string of the molecule is CC1(C)CCCC1C(Cl)Cc1cccc(Cl)c1. The number of benzene rings is 1. The molecule has 1 saturated carbocycles. The zero-order chi connectivity index (χ0) is 12.5. The smallest absolute Gasteiger partial charge is 0.0409 e. The van der Waals surface area contributed by atoms with Gasteiger partial charge in [0, 0.05) is 10.4 Å². The van der Waals surface area contributed by atoms with Crippen LogP contribution in [0.4, 0.5) is 0 Å². The molecule has 1 aromatic carbocycles. The lowest BCUT2D eigenvalue weighted by molar-refractivity contribution is 0.250. The van der Waals surface area contributed by atoms with Gasteiger partial charge in [-0.25, -0.2) is 0 Å². The quantitative estimate of drug-likeness (QED) is 0.653. The van der Waals surface area contributed by atoms with Crippen LogP contribution in [0.5, 0.6) is 0 Å². The van der Waals surface area contributed by atoms with E-state index < -0.39 is 0 Å². The fourth-order valence-corrected chi connectivity index (χ4v) is 3.91. The topological polar surface area (TPSA) is 0 Å². The lowest BCUT2D eigenvalue weighted by atomic mass is 9.78. The molecule has 1 aliphatic carbocycles. The van der Waals surface area contributed by atoms with E-state index in [1.165, 1.54) is 24.8 Å². The molecule has 0 aliphatic heterocycles. The third-order valence-corrected chi connectivity index (χ3v) is 4.79. The lowest BCUT2D eigenvalue weighted by Gasteiger charge is -2.30. The average molecular weight is 271 g/mol. The average Bonchev–Trinajstić information content (AvgIpc) is 2.58. The first kappa shape index (κ1) is 13.2. The normalized spacial score (nSPS) is 24.8. The van der Waals surface area contributed by atoms with Crippen LogP contribution >= 0.6 is 23.2 Å². The highest BCUT2D eigenvalue weighted by Crippen LogP contribution is 2.46. The number of halogens is 2. The molecule has 1 fully saturated rings. The van der Waals surface area contributed by atoms with Gasteiger partial charge in [0.15, 0.2) is 0 Å². The molecule has 0 nitrogen and oxygen atoms in total. The Hall–Kier alpha value is -0.200. The van der Waals surface area contributed by atoms with Gasteiger partial charge in [0.05, 0.1) is 0 Å². The summed E-state index contributed by atoms with van der Waals surface area (Å²) in [7, 11) is 0. The summed E-state index contributed by atoms with van der Waals surface area (Å²) in [5, 5.41) is 1.03. The maximum atomic E-state index is 6.62. The summed E-state index contributed by atoms with van der Waals surface area (Å²) in [5.74, 6) is 0.628. The maximum Gasteiger partial charge on any atom is 0.0409 e. The van der Waals surface area contributed by atoms with Gasteiger partial charge in [-0.15, -0.1) is 11.6 Å². The summed E-state index contributed by atoms with van der Waals surface area (Å²) in [4.78, 5) is 0. The Morgan fingerprint density at radius 2 is 2.18 bits per heavy atom. The second-order valence-corrected chi connectivity index (χ2v) is 6.83. The van der Waals surface area contributed by atoms with Gasteiger partial charge in [0.1, 0.15) is 0 Å². The molecule has 0 saturated heterocycles. The van der Waals surface area contributed by atoms with Crippen molar-refractivity contribution in [1.29, 1.82) is 0 Å². The van der Waals surface area contributed by atoms with Crippen LogP contribution in [0.25, 0.3) is 0 Å². The highest BCUT2D eigenvalue weighted by Gasteiger charge is 2.38. The first-order chi connectivity index (χ1) is 7.99. The van der Waals surface area contributed by atoms with Crippen LogP contribution < -0.4 is 0 Å². The Morgan fingerprint density at radius 1 is 1.41 bits per heavy atom. The molecule has 2 unspecified atom stereocenters. The summed E-state index contributed by atoms with van der Waals surface area (Å²) in [6, 6.07) is 8.05. The molecule has 0 aromatic heterocycles. The molecule has 0 N–H and O–H groups in total. The maximum absolute atomic E-state index is 6.62. The van der Waals surface area contributed by atoms with Crippen LogP contribution in [0.2, 0.25) is 5.02 Å². The molecule has 94 valence electrons. The van der Waals surface area contributed by atoms with Crippen molar-refractivity contribution < 1.29 is 0 Å². The molecule has 0 radical (unpaired) electrons. The molecule has 1 aromatic rings. The van der Waals surface area contributed by atoms with Gasteiger partial charge in [0.2, 0.25) is 0 Å². The van der Waals surface area contributed by atoms with E-state index in [4.69, 9.17) is 23.2 Å². The molecule has 0 amide bonds. The Labute approximate surface area is 114 Å². The first-order valence-electron chi connectivity index (χ1n) is 6.37. The van der Waals surface area contributed by atoms with Gasteiger partial charge < -0.3 is 0 Å². The summed E-state index contributed by atoms with van der Waals surface area (Å²) in [5.41, 5.74) is 1.64. The van der Waals surface area contributed by atoms with Crippen LogP contribution in [0.3, 0.4) is 0 Å². The van der Waals surface area contributed by atoms with E-state index in [2.05, 4.69) is 19.9 Å². The van der Waals surface area contributed by atoms with Crippen molar-refractivity contribution in [2.45, 2.75) is 44.9 Å². The third-order valence-electron chi connectivity index (χ3n) is 4.10. The predicted molar refractivity (Wildman–Crippen MR) is 75.9 cm³/mol. The van der Waals surface area contributed by atoms with Crippen molar-refractivity contribution in [3.8, 4) is 0 Å². The van der Waals surface area contributed by atoms with Crippen LogP contribution in [-0.4, -0.2) is 5.38 Å². The summed E-state index contributed by atoms with van der Waals surface area (Å²) in [6.45, 7) is 4.69. The van der Waals surface area contributed by atoms with Crippen molar-refractivity contribution in [3.63, 3.8) is 0 Å². The van der Waals surface area contributed by atoms with Crippen molar-refractivity contribution >= 4 is 23.2 Å². The van der Waals surface area contributed by atoms with E-state index in [1.54, 1.807) is 0 Å².